The molecule has 2 aliphatic rings. The summed E-state index contributed by atoms with van der Waals surface area (Å²) in [5, 5.41) is 3.13. The summed E-state index contributed by atoms with van der Waals surface area (Å²) in [7, 11) is 0. The fourth-order valence-corrected chi connectivity index (χ4v) is 3.37. The zero-order valence-electron chi connectivity index (χ0n) is 13.2. The van der Waals surface area contributed by atoms with E-state index in [4.69, 9.17) is 0 Å². The van der Waals surface area contributed by atoms with E-state index in [2.05, 4.69) is 26.2 Å². The van der Waals surface area contributed by atoms with Gasteiger partial charge in [0.25, 0.3) is 0 Å². The molecule has 0 aromatic carbocycles. The largest absolute Gasteiger partial charge is 0.354 e. The molecule has 5 heteroatoms. The maximum Gasteiger partial charge on any atom is 0.224 e. The van der Waals surface area contributed by atoms with E-state index >= 15 is 0 Å². The van der Waals surface area contributed by atoms with E-state index < -0.39 is 0 Å². The second kappa shape index (κ2) is 7.58. The third-order valence-electron chi connectivity index (χ3n) is 4.80. The number of pyridine rings is 1. The van der Waals surface area contributed by atoms with Crippen LogP contribution in [0, 0.1) is 5.92 Å². The Balaban J connectivity index is 1.39. The summed E-state index contributed by atoms with van der Waals surface area (Å²) in [6, 6.07) is 6.03. The lowest BCUT2D eigenvalue weighted by molar-refractivity contribution is -0.126. The van der Waals surface area contributed by atoms with Gasteiger partial charge in [-0.1, -0.05) is 25.3 Å². The van der Waals surface area contributed by atoms with E-state index in [0.29, 0.717) is 6.67 Å². The molecule has 5 nitrogen and oxygen atoms in total. The summed E-state index contributed by atoms with van der Waals surface area (Å²) >= 11 is 0. The van der Waals surface area contributed by atoms with E-state index in [0.717, 1.165) is 44.8 Å². The van der Waals surface area contributed by atoms with Crippen LogP contribution in [0.15, 0.2) is 24.4 Å². The van der Waals surface area contributed by atoms with Crippen molar-refractivity contribution in [1.29, 1.82) is 0 Å². The standard InChI is InChI=1S/C17H26N4O/c22-17(15-6-2-1-3-7-15)19-14-20-10-12-21(13-11-20)16-8-4-5-9-18-16/h4-5,8-9,15H,1-3,6-7,10-14H2,(H,19,22). The van der Waals surface area contributed by atoms with E-state index in [-0.39, 0.29) is 11.8 Å². The molecule has 1 saturated heterocycles. The van der Waals surface area contributed by atoms with Gasteiger partial charge < -0.3 is 10.2 Å². The molecule has 1 amide bonds. The van der Waals surface area contributed by atoms with Gasteiger partial charge in [-0.25, -0.2) is 4.98 Å². The van der Waals surface area contributed by atoms with Gasteiger partial charge in [0, 0.05) is 38.3 Å². The van der Waals surface area contributed by atoms with Crippen molar-refractivity contribution in [2.24, 2.45) is 5.92 Å². The van der Waals surface area contributed by atoms with Gasteiger partial charge in [-0.3, -0.25) is 9.69 Å². The molecule has 1 aromatic heterocycles. The maximum absolute atomic E-state index is 12.2. The number of carbonyl (C=O) groups excluding carboxylic acids is 1. The highest BCUT2D eigenvalue weighted by molar-refractivity contribution is 5.78. The quantitative estimate of drug-likeness (QED) is 0.922. The van der Waals surface area contributed by atoms with Gasteiger partial charge in [-0.2, -0.15) is 0 Å². The van der Waals surface area contributed by atoms with Crippen molar-refractivity contribution < 1.29 is 4.79 Å². The van der Waals surface area contributed by atoms with Crippen LogP contribution in [-0.4, -0.2) is 48.6 Å². The Labute approximate surface area is 132 Å². The molecular weight excluding hydrogens is 276 g/mol. The molecular formula is C17H26N4O. The average Bonchev–Trinajstić information content (AvgIpc) is 2.61. The third-order valence-corrected chi connectivity index (χ3v) is 4.80. The average molecular weight is 302 g/mol. The van der Waals surface area contributed by atoms with Crippen molar-refractivity contribution in [2.75, 3.05) is 37.7 Å². The first-order valence-electron chi connectivity index (χ1n) is 8.49. The van der Waals surface area contributed by atoms with Crippen LogP contribution in [0.25, 0.3) is 0 Å². The van der Waals surface area contributed by atoms with Crippen LogP contribution in [-0.2, 0) is 4.79 Å². The SMILES string of the molecule is O=C(NCN1CCN(c2ccccn2)CC1)C1CCCCC1. The van der Waals surface area contributed by atoms with Gasteiger partial charge in [0.15, 0.2) is 0 Å². The Morgan fingerprint density at radius 3 is 2.59 bits per heavy atom. The van der Waals surface area contributed by atoms with Gasteiger partial charge in [-0.15, -0.1) is 0 Å². The number of hydrogen-bond donors (Lipinski definition) is 1. The number of carbonyl (C=O) groups is 1. The van der Waals surface area contributed by atoms with Gasteiger partial charge in [0.1, 0.15) is 5.82 Å². The number of nitrogens with zero attached hydrogens (tertiary/aromatic N) is 3. The number of amides is 1. The van der Waals surface area contributed by atoms with Gasteiger partial charge >= 0.3 is 0 Å². The lowest BCUT2D eigenvalue weighted by Crippen LogP contribution is -2.50. The molecule has 1 aliphatic carbocycles. The molecule has 1 saturated carbocycles. The Morgan fingerprint density at radius 1 is 1.14 bits per heavy atom. The minimum atomic E-state index is 0.253. The van der Waals surface area contributed by atoms with Gasteiger partial charge in [-0.05, 0) is 25.0 Å². The van der Waals surface area contributed by atoms with Crippen molar-refractivity contribution >= 4 is 11.7 Å². The predicted octanol–water partition coefficient (Wildman–Crippen LogP) is 1.86. The number of nitrogens with one attached hydrogen (secondary N) is 1. The summed E-state index contributed by atoms with van der Waals surface area (Å²) in [5.74, 6) is 1.56. The smallest absolute Gasteiger partial charge is 0.224 e. The highest BCUT2D eigenvalue weighted by Crippen LogP contribution is 2.23. The molecule has 1 N–H and O–H groups in total. The molecule has 0 unspecified atom stereocenters. The Hall–Kier alpha value is -1.62. The minimum absolute atomic E-state index is 0.253. The molecule has 2 fully saturated rings. The monoisotopic (exact) mass is 302 g/mol. The minimum Gasteiger partial charge on any atom is -0.354 e. The van der Waals surface area contributed by atoms with Crippen LogP contribution in [0.5, 0.6) is 0 Å². The van der Waals surface area contributed by atoms with Crippen LogP contribution in [0.3, 0.4) is 0 Å². The van der Waals surface area contributed by atoms with E-state index in [1.807, 2.05) is 18.3 Å². The summed E-state index contributed by atoms with van der Waals surface area (Å²) in [6.45, 7) is 4.57. The van der Waals surface area contributed by atoms with E-state index in [9.17, 15) is 4.79 Å². The van der Waals surface area contributed by atoms with Crippen molar-refractivity contribution in [1.82, 2.24) is 15.2 Å². The van der Waals surface area contributed by atoms with Gasteiger partial charge in [0.05, 0.1) is 6.67 Å². The van der Waals surface area contributed by atoms with Crippen molar-refractivity contribution in [3.05, 3.63) is 24.4 Å². The number of hydrogen-bond acceptors (Lipinski definition) is 4. The van der Waals surface area contributed by atoms with E-state index in [1.54, 1.807) is 0 Å². The summed E-state index contributed by atoms with van der Waals surface area (Å²) in [5.41, 5.74) is 0. The van der Waals surface area contributed by atoms with Crippen LogP contribution in [0.2, 0.25) is 0 Å². The number of aromatic nitrogens is 1. The van der Waals surface area contributed by atoms with Crippen LogP contribution < -0.4 is 10.2 Å². The van der Waals surface area contributed by atoms with Crippen molar-refractivity contribution in [3.63, 3.8) is 0 Å². The second-order valence-electron chi connectivity index (χ2n) is 6.33. The Morgan fingerprint density at radius 2 is 1.91 bits per heavy atom. The van der Waals surface area contributed by atoms with Crippen LogP contribution >= 0.6 is 0 Å². The molecule has 2 heterocycles. The highest BCUT2D eigenvalue weighted by atomic mass is 16.2. The third kappa shape index (κ3) is 3.97. The zero-order chi connectivity index (χ0) is 15.2. The lowest BCUT2D eigenvalue weighted by atomic mass is 9.89. The normalized spacial score (nSPS) is 20.8. The predicted molar refractivity (Wildman–Crippen MR) is 87.6 cm³/mol. The van der Waals surface area contributed by atoms with Crippen LogP contribution in [0.1, 0.15) is 32.1 Å². The number of rotatable bonds is 4. The molecule has 0 bridgehead atoms. The van der Waals surface area contributed by atoms with Gasteiger partial charge in [0.2, 0.25) is 5.91 Å². The fraction of sp³-hybridized carbons (Fsp3) is 0.647. The molecule has 0 atom stereocenters. The first-order valence-corrected chi connectivity index (χ1v) is 8.49. The molecule has 22 heavy (non-hydrogen) atoms. The fourth-order valence-electron chi connectivity index (χ4n) is 3.37. The van der Waals surface area contributed by atoms with Crippen molar-refractivity contribution in [3.8, 4) is 0 Å². The summed E-state index contributed by atoms with van der Waals surface area (Å²) in [6.07, 6.45) is 7.69. The molecule has 1 aliphatic heterocycles. The molecule has 3 rings (SSSR count). The van der Waals surface area contributed by atoms with Crippen molar-refractivity contribution in [2.45, 2.75) is 32.1 Å². The van der Waals surface area contributed by atoms with E-state index in [1.165, 1.54) is 19.3 Å². The summed E-state index contributed by atoms with van der Waals surface area (Å²) < 4.78 is 0. The Bertz CT molecular complexity index is 465. The number of piperazine rings is 1. The lowest BCUT2D eigenvalue weighted by Gasteiger charge is -2.35. The molecule has 1 aromatic rings. The number of anilines is 1. The van der Waals surface area contributed by atoms with Crippen LogP contribution in [0.4, 0.5) is 5.82 Å². The topological polar surface area (TPSA) is 48.5 Å². The zero-order valence-corrected chi connectivity index (χ0v) is 13.2. The Kier molecular flexibility index (Phi) is 5.27. The highest BCUT2D eigenvalue weighted by Gasteiger charge is 2.22. The second-order valence-corrected chi connectivity index (χ2v) is 6.33. The molecule has 120 valence electrons. The summed E-state index contributed by atoms with van der Waals surface area (Å²) in [4.78, 5) is 21.2. The first kappa shape index (κ1) is 15.3. The maximum atomic E-state index is 12.2. The first-order chi connectivity index (χ1) is 10.8. The molecule has 0 spiro atoms. The molecule has 0 radical (unpaired) electrons.